The molecule has 0 fully saturated rings. The molecule has 0 radical (unpaired) electrons. The number of aromatic nitrogens is 4. The SMILES string of the molecule is COc1cc(Nc2c3c(nc4nc(Cc5ccc(C)cc5)nn24)CCC3)cc(OC)c1. The fourth-order valence-corrected chi connectivity index (χ4v) is 4.03. The van der Waals surface area contributed by atoms with Crippen LogP contribution in [-0.4, -0.2) is 33.8 Å². The smallest absolute Gasteiger partial charge is 0.254 e. The van der Waals surface area contributed by atoms with Crippen LogP contribution in [0.3, 0.4) is 0 Å². The van der Waals surface area contributed by atoms with Crippen molar-refractivity contribution in [2.75, 3.05) is 19.5 Å². The predicted molar refractivity (Wildman–Crippen MR) is 120 cm³/mol. The Morgan fingerprint density at radius 1 is 0.968 bits per heavy atom. The molecule has 2 aromatic heterocycles. The molecule has 5 rings (SSSR count). The summed E-state index contributed by atoms with van der Waals surface area (Å²) in [7, 11) is 3.30. The molecule has 0 aliphatic heterocycles. The van der Waals surface area contributed by atoms with E-state index in [0.29, 0.717) is 12.2 Å². The van der Waals surface area contributed by atoms with Crippen LogP contribution in [0.2, 0.25) is 0 Å². The van der Waals surface area contributed by atoms with Crippen molar-refractivity contribution in [1.29, 1.82) is 0 Å². The van der Waals surface area contributed by atoms with Gasteiger partial charge >= 0.3 is 0 Å². The van der Waals surface area contributed by atoms with Crippen LogP contribution in [0.15, 0.2) is 42.5 Å². The van der Waals surface area contributed by atoms with Crippen molar-refractivity contribution in [3.05, 3.63) is 70.7 Å². The van der Waals surface area contributed by atoms with Crippen LogP contribution in [0.4, 0.5) is 11.5 Å². The zero-order chi connectivity index (χ0) is 21.4. The highest BCUT2D eigenvalue weighted by atomic mass is 16.5. The Morgan fingerprint density at radius 3 is 2.42 bits per heavy atom. The first-order valence-electron chi connectivity index (χ1n) is 10.5. The first-order chi connectivity index (χ1) is 15.1. The van der Waals surface area contributed by atoms with Crippen molar-refractivity contribution in [3.8, 4) is 11.5 Å². The quantitative estimate of drug-likeness (QED) is 0.507. The van der Waals surface area contributed by atoms with E-state index in [4.69, 9.17) is 24.5 Å². The molecule has 4 aromatic rings. The summed E-state index contributed by atoms with van der Waals surface area (Å²) in [6.45, 7) is 2.09. The minimum absolute atomic E-state index is 0.625. The van der Waals surface area contributed by atoms with Crippen molar-refractivity contribution in [3.63, 3.8) is 0 Å². The number of benzene rings is 2. The molecule has 2 heterocycles. The summed E-state index contributed by atoms with van der Waals surface area (Å²) in [6.07, 6.45) is 3.68. The van der Waals surface area contributed by atoms with Gasteiger partial charge in [-0.15, -0.1) is 5.10 Å². The van der Waals surface area contributed by atoms with Crippen molar-refractivity contribution >= 4 is 17.3 Å². The van der Waals surface area contributed by atoms with Crippen molar-refractivity contribution < 1.29 is 9.47 Å². The van der Waals surface area contributed by atoms with Crippen LogP contribution in [0.5, 0.6) is 11.5 Å². The molecule has 7 heteroatoms. The topological polar surface area (TPSA) is 73.6 Å². The first kappa shape index (κ1) is 19.4. The minimum Gasteiger partial charge on any atom is -0.497 e. The van der Waals surface area contributed by atoms with Crippen LogP contribution < -0.4 is 14.8 Å². The Balaban J connectivity index is 1.56. The van der Waals surface area contributed by atoms with Gasteiger partial charge in [-0.3, -0.25) is 0 Å². The standard InChI is InChI=1S/C24H25N5O2/c1-15-7-9-16(10-8-15)11-22-27-24-26-21-6-4-5-20(21)23(29(24)28-22)25-17-12-18(30-2)14-19(13-17)31-3/h7-10,12-14,25H,4-6,11H2,1-3H3. The zero-order valence-electron chi connectivity index (χ0n) is 18.0. The van der Waals surface area contributed by atoms with Gasteiger partial charge in [-0.2, -0.15) is 9.50 Å². The maximum atomic E-state index is 5.43. The number of nitrogens with zero attached hydrogens (tertiary/aromatic N) is 4. The molecule has 1 aliphatic rings. The van der Waals surface area contributed by atoms with Gasteiger partial charge in [0.25, 0.3) is 5.78 Å². The predicted octanol–water partition coefficient (Wildman–Crippen LogP) is 4.27. The molecule has 158 valence electrons. The molecule has 1 N–H and O–H groups in total. The third-order valence-corrected chi connectivity index (χ3v) is 5.65. The number of nitrogens with one attached hydrogen (secondary N) is 1. The minimum atomic E-state index is 0.625. The highest BCUT2D eigenvalue weighted by molar-refractivity contribution is 5.66. The van der Waals surface area contributed by atoms with Crippen LogP contribution in [0.25, 0.3) is 5.78 Å². The monoisotopic (exact) mass is 415 g/mol. The summed E-state index contributed by atoms with van der Waals surface area (Å²) < 4.78 is 12.7. The molecule has 2 aromatic carbocycles. The highest BCUT2D eigenvalue weighted by Gasteiger charge is 2.22. The lowest BCUT2D eigenvalue weighted by molar-refractivity contribution is 0.395. The highest BCUT2D eigenvalue weighted by Crippen LogP contribution is 2.33. The maximum absolute atomic E-state index is 5.43. The summed E-state index contributed by atoms with van der Waals surface area (Å²) in [5, 5.41) is 8.35. The lowest BCUT2D eigenvalue weighted by Gasteiger charge is -2.14. The van der Waals surface area contributed by atoms with Crippen molar-refractivity contribution in [2.45, 2.75) is 32.6 Å². The van der Waals surface area contributed by atoms with Gasteiger partial charge < -0.3 is 14.8 Å². The Bertz CT molecular complexity index is 1230. The van der Waals surface area contributed by atoms with Crippen molar-refractivity contribution in [2.24, 2.45) is 0 Å². The third kappa shape index (κ3) is 3.79. The van der Waals surface area contributed by atoms with Gasteiger partial charge in [0.05, 0.1) is 19.9 Å². The van der Waals surface area contributed by atoms with Crippen molar-refractivity contribution in [1.82, 2.24) is 19.6 Å². The van der Waals surface area contributed by atoms with Gasteiger partial charge in [-0.25, -0.2) is 4.98 Å². The molecule has 0 bridgehead atoms. The van der Waals surface area contributed by atoms with Gasteiger partial charge in [-0.05, 0) is 31.7 Å². The fraction of sp³-hybridized carbons (Fsp3) is 0.292. The van der Waals surface area contributed by atoms with E-state index in [-0.39, 0.29) is 0 Å². The molecule has 0 spiro atoms. The normalized spacial score (nSPS) is 12.7. The molecule has 0 unspecified atom stereocenters. The van der Waals surface area contributed by atoms with E-state index in [1.807, 2.05) is 22.7 Å². The summed E-state index contributed by atoms with van der Waals surface area (Å²) in [5.41, 5.74) is 5.58. The average molecular weight is 415 g/mol. The molecule has 1 aliphatic carbocycles. The lowest BCUT2D eigenvalue weighted by atomic mass is 10.1. The number of anilines is 2. The number of aryl methyl sites for hydroxylation is 2. The molecule has 31 heavy (non-hydrogen) atoms. The zero-order valence-corrected chi connectivity index (χ0v) is 18.0. The second kappa shape index (κ2) is 7.91. The Hall–Kier alpha value is -3.61. The Labute approximate surface area is 181 Å². The largest absolute Gasteiger partial charge is 0.497 e. The van der Waals surface area contributed by atoms with Gasteiger partial charge in [0.15, 0.2) is 5.82 Å². The van der Waals surface area contributed by atoms with Crippen LogP contribution in [0, 0.1) is 6.92 Å². The second-order valence-electron chi connectivity index (χ2n) is 7.87. The summed E-state index contributed by atoms with van der Waals surface area (Å²) in [6, 6.07) is 14.2. The Morgan fingerprint density at radius 2 is 1.71 bits per heavy atom. The van der Waals surface area contributed by atoms with Gasteiger partial charge in [-0.1, -0.05) is 29.8 Å². The summed E-state index contributed by atoms with van der Waals surface area (Å²) in [4.78, 5) is 9.53. The lowest BCUT2D eigenvalue weighted by Crippen LogP contribution is -2.07. The van der Waals surface area contributed by atoms with E-state index in [9.17, 15) is 0 Å². The Kier molecular flexibility index (Phi) is 4.94. The third-order valence-electron chi connectivity index (χ3n) is 5.65. The maximum Gasteiger partial charge on any atom is 0.254 e. The number of ether oxygens (including phenoxy) is 2. The van der Waals surface area contributed by atoms with Crippen LogP contribution in [0.1, 0.15) is 34.6 Å². The molecule has 0 atom stereocenters. The van der Waals surface area contributed by atoms with E-state index in [1.54, 1.807) is 14.2 Å². The van der Waals surface area contributed by atoms with E-state index in [1.165, 1.54) is 16.7 Å². The molecular weight excluding hydrogens is 390 g/mol. The van der Waals surface area contributed by atoms with Gasteiger partial charge in [0, 0.05) is 35.9 Å². The molecule has 0 saturated carbocycles. The molecule has 0 saturated heterocycles. The number of rotatable bonds is 6. The van der Waals surface area contributed by atoms with E-state index in [2.05, 4.69) is 36.5 Å². The molecule has 7 nitrogen and oxygen atoms in total. The summed E-state index contributed by atoms with van der Waals surface area (Å²) in [5.74, 6) is 3.74. The average Bonchev–Trinajstić information content (AvgIpc) is 3.41. The number of hydrogen-bond donors (Lipinski definition) is 1. The van der Waals surface area contributed by atoms with E-state index < -0.39 is 0 Å². The van der Waals surface area contributed by atoms with E-state index in [0.717, 1.165) is 53.8 Å². The van der Waals surface area contributed by atoms with Crippen LogP contribution in [-0.2, 0) is 19.3 Å². The van der Waals surface area contributed by atoms with Gasteiger partial charge in [0.1, 0.15) is 17.3 Å². The number of fused-ring (bicyclic) bond motifs is 2. The number of hydrogen-bond acceptors (Lipinski definition) is 6. The molecule has 0 amide bonds. The second-order valence-corrected chi connectivity index (χ2v) is 7.87. The molecular formula is C24H25N5O2. The van der Waals surface area contributed by atoms with Gasteiger partial charge in [0.2, 0.25) is 0 Å². The fourth-order valence-electron chi connectivity index (χ4n) is 4.03. The summed E-state index contributed by atoms with van der Waals surface area (Å²) >= 11 is 0. The van der Waals surface area contributed by atoms with E-state index >= 15 is 0 Å². The first-order valence-corrected chi connectivity index (χ1v) is 10.5. The number of methoxy groups -OCH3 is 2. The van der Waals surface area contributed by atoms with Crippen LogP contribution >= 0.6 is 0 Å².